The molecule has 0 aliphatic heterocycles. The van der Waals surface area contributed by atoms with Crippen molar-refractivity contribution < 1.29 is 23.5 Å². The molecule has 0 bridgehead atoms. The van der Waals surface area contributed by atoms with Crippen molar-refractivity contribution in [1.82, 2.24) is 4.90 Å². The van der Waals surface area contributed by atoms with Gasteiger partial charge >= 0.3 is 5.97 Å². The van der Waals surface area contributed by atoms with E-state index in [4.69, 9.17) is 4.74 Å². The van der Waals surface area contributed by atoms with E-state index in [0.717, 1.165) is 0 Å². The fourth-order valence-corrected chi connectivity index (χ4v) is 1.77. The molecule has 0 aliphatic rings. The first-order chi connectivity index (χ1) is 9.54. The van der Waals surface area contributed by atoms with Gasteiger partial charge in [0.05, 0.1) is 20.6 Å². The minimum absolute atomic E-state index is 0.0623. The van der Waals surface area contributed by atoms with Crippen LogP contribution in [0.1, 0.15) is 23.7 Å². The summed E-state index contributed by atoms with van der Waals surface area (Å²) in [7, 11) is 2.65. The standard InChI is InChI=1S/C14H18FNO4/c1-4-16(9-8-12(17)20-3)14(18)13-10(15)6-5-7-11(13)19-2/h5-7H,4,8-9H2,1-3H3. The Labute approximate surface area is 117 Å². The lowest BCUT2D eigenvalue weighted by Crippen LogP contribution is -2.33. The summed E-state index contributed by atoms with van der Waals surface area (Å²) in [6.45, 7) is 2.27. The van der Waals surface area contributed by atoms with Gasteiger partial charge in [0.15, 0.2) is 0 Å². The molecular weight excluding hydrogens is 265 g/mol. The molecule has 110 valence electrons. The van der Waals surface area contributed by atoms with Gasteiger partial charge in [0.1, 0.15) is 17.1 Å². The Bertz CT molecular complexity index is 490. The summed E-state index contributed by atoms with van der Waals surface area (Å²) in [5.41, 5.74) is -0.123. The maximum atomic E-state index is 13.8. The minimum Gasteiger partial charge on any atom is -0.496 e. The average molecular weight is 283 g/mol. The van der Waals surface area contributed by atoms with E-state index in [1.807, 2.05) is 0 Å². The van der Waals surface area contributed by atoms with Gasteiger partial charge in [-0.25, -0.2) is 4.39 Å². The molecule has 0 aliphatic carbocycles. The van der Waals surface area contributed by atoms with Crippen LogP contribution in [0.3, 0.4) is 0 Å². The Kier molecular flexibility index (Phi) is 5.96. The van der Waals surface area contributed by atoms with Crippen molar-refractivity contribution >= 4 is 11.9 Å². The fourth-order valence-electron chi connectivity index (χ4n) is 1.77. The lowest BCUT2D eigenvalue weighted by atomic mass is 10.1. The van der Waals surface area contributed by atoms with Crippen LogP contribution in [0, 0.1) is 5.82 Å². The maximum Gasteiger partial charge on any atom is 0.307 e. The number of benzene rings is 1. The van der Waals surface area contributed by atoms with Gasteiger partial charge in [-0.2, -0.15) is 0 Å². The molecule has 20 heavy (non-hydrogen) atoms. The minimum atomic E-state index is -0.647. The summed E-state index contributed by atoms with van der Waals surface area (Å²) in [5.74, 6) is -1.40. The second-order valence-corrected chi connectivity index (χ2v) is 4.03. The third-order valence-corrected chi connectivity index (χ3v) is 2.89. The van der Waals surface area contributed by atoms with Crippen LogP contribution < -0.4 is 4.74 Å². The Morgan fingerprint density at radius 2 is 2.00 bits per heavy atom. The molecule has 1 rings (SSSR count). The van der Waals surface area contributed by atoms with Crippen LogP contribution >= 0.6 is 0 Å². The molecule has 0 spiro atoms. The van der Waals surface area contributed by atoms with Gasteiger partial charge in [0, 0.05) is 13.1 Å². The highest BCUT2D eigenvalue weighted by atomic mass is 19.1. The van der Waals surface area contributed by atoms with E-state index in [2.05, 4.69) is 4.74 Å². The number of ether oxygens (including phenoxy) is 2. The summed E-state index contributed by atoms with van der Waals surface area (Å²) in [5, 5.41) is 0. The number of carbonyl (C=O) groups is 2. The van der Waals surface area contributed by atoms with E-state index in [1.54, 1.807) is 6.92 Å². The second-order valence-electron chi connectivity index (χ2n) is 4.03. The van der Waals surface area contributed by atoms with Gasteiger partial charge in [0.2, 0.25) is 0 Å². The van der Waals surface area contributed by atoms with Crippen molar-refractivity contribution in [3.8, 4) is 5.75 Å². The number of hydrogen-bond acceptors (Lipinski definition) is 4. The van der Waals surface area contributed by atoms with Crippen LogP contribution in [-0.2, 0) is 9.53 Å². The molecule has 0 radical (unpaired) electrons. The summed E-state index contributed by atoms with van der Waals surface area (Å²) in [6, 6.07) is 4.18. The third-order valence-electron chi connectivity index (χ3n) is 2.89. The monoisotopic (exact) mass is 283 g/mol. The second kappa shape index (κ2) is 7.47. The van der Waals surface area contributed by atoms with Crippen molar-refractivity contribution in [2.24, 2.45) is 0 Å². The largest absolute Gasteiger partial charge is 0.496 e. The summed E-state index contributed by atoms with van der Waals surface area (Å²) in [4.78, 5) is 24.8. The first-order valence-electron chi connectivity index (χ1n) is 6.23. The van der Waals surface area contributed by atoms with Gasteiger partial charge in [-0.15, -0.1) is 0 Å². The topological polar surface area (TPSA) is 55.8 Å². The molecule has 0 saturated carbocycles. The van der Waals surface area contributed by atoms with Crippen LogP contribution in [0.4, 0.5) is 4.39 Å². The number of halogens is 1. The van der Waals surface area contributed by atoms with Crippen LogP contribution in [0.5, 0.6) is 5.75 Å². The molecule has 0 aromatic heterocycles. The number of esters is 1. The first-order valence-corrected chi connectivity index (χ1v) is 6.23. The Morgan fingerprint density at radius 3 is 2.55 bits per heavy atom. The molecular formula is C14H18FNO4. The quantitative estimate of drug-likeness (QED) is 0.748. The van der Waals surface area contributed by atoms with Crippen molar-refractivity contribution in [3.05, 3.63) is 29.6 Å². The van der Waals surface area contributed by atoms with E-state index in [-0.39, 0.29) is 24.3 Å². The van der Waals surface area contributed by atoms with E-state index < -0.39 is 17.7 Å². The smallest absolute Gasteiger partial charge is 0.307 e. The summed E-state index contributed by atoms with van der Waals surface area (Å²) in [6.07, 6.45) is 0.0623. The van der Waals surface area contributed by atoms with Gasteiger partial charge in [-0.05, 0) is 19.1 Å². The highest BCUT2D eigenvalue weighted by molar-refractivity contribution is 5.97. The summed E-state index contributed by atoms with van der Waals surface area (Å²) >= 11 is 0. The SMILES string of the molecule is CCN(CCC(=O)OC)C(=O)c1c(F)cccc1OC. The van der Waals surface area contributed by atoms with E-state index in [9.17, 15) is 14.0 Å². The van der Waals surface area contributed by atoms with Crippen LogP contribution in [0.25, 0.3) is 0 Å². The Balaban J connectivity index is 2.94. The molecule has 0 fully saturated rings. The van der Waals surface area contributed by atoms with Crippen molar-refractivity contribution in [2.45, 2.75) is 13.3 Å². The molecule has 0 heterocycles. The van der Waals surface area contributed by atoms with Gasteiger partial charge < -0.3 is 14.4 Å². The lowest BCUT2D eigenvalue weighted by molar-refractivity contribution is -0.140. The number of carbonyl (C=O) groups excluding carboxylic acids is 2. The zero-order valence-electron chi connectivity index (χ0n) is 11.8. The normalized spacial score (nSPS) is 10.0. The number of rotatable bonds is 6. The highest BCUT2D eigenvalue weighted by Gasteiger charge is 2.22. The van der Waals surface area contributed by atoms with Crippen molar-refractivity contribution in [2.75, 3.05) is 27.3 Å². The predicted molar refractivity (Wildman–Crippen MR) is 71.2 cm³/mol. The molecule has 0 unspecified atom stereocenters. The third kappa shape index (κ3) is 3.69. The van der Waals surface area contributed by atoms with E-state index >= 15 is 0 Å². The van der Waals surface area contributed by atoms with Gasteiger partial charge in [-0.1, -0.05) is 6.07 Å². The number of methoxy groups -OCH3 is 2. The molecule has 0 N–H and O–H groups in total. The molecule has 0 saturated heterocycles. The van der Waals surface area contributed by atoms with Crippen molar-refractivity contribution in [1.29, 1.82) is 0 Å². The van der Waals surface area contributed by atoms with Crippen LogP contribution in [0.15, 0.2) is 18.2 Å². The number of amides is 1. The fraction of sp³-hybridized carbons (Fsp3) is 0.429. The number of nitrogens with zero attached hydrogens (tertiary/aromatic N) is 1. The molecule has 1 aromatic carbocycles. The Hall–Kier alpha value is -2.11. The van der Waals surface area contributed by atoms with Gasteiger partial charge in [-0.3, -0.25) is 9.59 Å². The maximum absolute atomic E-state index is 13.8. The predicted octanol–water partition coefficient (Wildman–Crippen LogP) is 1.86. The molecule has 6 heteroatoms. The molecule has 5 nitrogen and oxygen atoms in total. The summed E-state index contributed by atoms with van der Waals surface area (Å²) < 4.78 is 23.4. The first kappa shape index (κ1) is 15.9. The zero-order chi connectivity index (χ0) is 15.1. The average Bonchev–Trinajstić information content (AvgIpc) is 2.46. The molecule has 1 aromatic rings. The highest BCUT2D eigenvalue weighted by Crippen LogP contribution is 2.23. The van der Waals surface area contributed by atoms with E-state index in [0.29, 0.717) is 6.54 Å². The zero-order valence-corrected chi connectivity index (χ0v) is 11.8. The van der Waals surface area contributed by atoms with E-state index in [1.165, 1.54) is 37.3 Å². The number of hydrogen-bond donors (Lipinski definition) is 0. The van der Waals surface area contributed by atoms with Gasteiger partial charge in [0.25, 0.3) is 5.91 Å². The lowest BCUT2D eigenvalue weighted by Gasteiger charge is -2.21. The van der Waals surface area contributed by atoms with Crippen LogP contribution in [0.2, 0.25) is 0 Å². The molecule has 0 atom stereocenters. The van der Waals surface area contributed by atoms with Crippen molar-refractivity contribution in [3.63, 3.8) is 0 Å². The molecule has 1 amide bonds. The van der Waals surface area contributed by atoms with Crippen LogP contribution in [-0.4, -0.2) is 44.1 Å². The Morgan fingerprint density at radius 1 is 1.30 bits per heavy atom.